The molecule has 59 heavy (non-hydrogen) atoms. The van der Waals surface area contributed by atoms with Crippen LogP contribution in [0, 0.1) is 18.3 Å². The van der Waals surface area contributed by atoms with Crippen LogP contribution in [-0.4, -0.2) is 105 Å². The first kappa shape index (κ1) is 44.7. The number of nitrogens with zero attached hydrogens (tertiary/aromatic N) is 5. The van der Waals surface area contributed by atoms with Gasteiger partial charge in [0.15, 0.2) is 0 Å². The van der Waals surface area contributed by atoms with E-state index < -0.39 is 47.6 Å². The summed E-state index contributed by atoms with van der Waals surface area (Å²) in [6, 6.07) is 20.1. The summed E-state index contributed by atoms with van der Waals surface area (Å²) in [5.74, 6) is -1.12. The smallest absolute Gasteiger partial charge is 0.407 e. The molecule has 4 N–H and O–H groups in total. The number of methoxy groups -OCH3 is 1. The van der Waals surface area contributed by atoms with Crippen molar-refractivity contribution in [3.8, 4) is 11.3 Å². The SMILES string of the molecule is CC[C@H](C)[C@H](NC(=O)OC)C(=O)NN(Cc1ccc(-c2ccccn2)cc1)C[C@H](O)[C@H](Cc1ccccc1)NC(=O)[C@@H](N1CCN(Cc2csc(C)n2)C1=O)C(C)(C)C. The van der Waals surface area contributed by atoms with Crippen molar-refractivity contribution in [1.29, 1.82) is 0 Å². The van der Waals surface area contributed by atoms with Crippen molar-refractivity contribution in [2.75, 3.05) is 26.7 Å². The zero-order valence-electron chi connectivity index (χ0n) is 35.1. The van der Waals surface area contributed by atoms with Gasteiger partial charge in [0.05, 0.1) is 42.2 Å². The molecule has 5 atom stereocenters. The topological polar surface area (TPSA) is 169 Å². The Labute approximate surface area is 351 Å². The number of ether oxygens (including phenoxy) is 1. The number of aryl methyl sites for hydroxylation is 1. The minimum atomic E-state index is -1.21. The molecule has 5 rings (SSSR count). The number of carbonyl (C=O) groups excluding carboxylic acids is 4. The summed E-state index contributed by atoms with van der Waals surface area (Å²) < 4.78 is 4.82. The third-order valence-corrected chi connectivity index (χ3v) is 11.4. The first-order valence-electron chi connectivity index (χ1n) is 20.1. The second kappa shape index (κ2) is 20.5. The number of carbonyl (C=O) groups is 4. The van der Waals surface area contributed by atoms with E-state index in [9.17, 15) is 24.3 Å². The number of aromatic nitrogens is 2. The Balaban J connectivity index is 1.41. The molecule has 2 aromatic heterocycles. The zero-order valence-corrected chi connectivity index (χ0v) is 35.9. The van der Waals surface area contributed by atoms with Crippen LogP contribution in [0.1, 0.15) is 62.9 Å². The highest BCUT2D eigenvalue weighted by Gasteiger charge is 2.44. The standard InChI is InChI=1S/C44H58N8O6S/c1-8-29(2)38(48-42(56)58-7)40(54)49-51(25-32-17-19-33(20-18-32)35-16-12-13-21-45-35)27-37(53)36(24-31-14-10-9-11-15-31)47-41(55)39(44(4,5)6)52-23-22-50(43(52)57)26-34-28-59-30(3)46-34/h9-21,28-29,36-39,53H,8,22-27H2,1-7H3,(H,47,55)(H,48,56)(H,49,54)/t29-,36-,37-,38-,39+/m0/s1. The number of benzene rings is 2. The molecule has 0 radical (unpaired) electrons. The number of pyridine rings is 1. The fourth-order valence-corrected chi connectivity index (χ4v) is 7.83. The summed E-state index contributed by atoms with van der Waals surface area (Å²) >= 11 is 1.53. The van der Waals surface area contributed by atoms with E-state index in [-0.39, 0.29) is 31.5 Å². The molecule has 0 saturated carbocycles. The van der Waals surface area contributed by atoms with Crippen LogP contribution in [0.3, 0.4) is 0 Å². The van der Waals surface area contributed by atoms with Gasteiger partial charge in [-0.2, -0.15) is 0 Å². The van der Waals surface area contributed by atoms with Crippen LogP contribution in [0.5, 0.6) is 0 Å². The molecule has 316 valence electrons. The van der Waals surface area contributed by atoms with E-state index >= 15 is 0 Å². The molecular formula is C44H58N8O6S. The van der Waals surface area contributed by atoms with Crippen LogP contribution in [0.4, 0.5) is 9.59 Å². The van der Waals surface area contributed by atoms with Gasteiger partial charge in [-0.3, -0.25) is 20.0 Å². The molecule has 1 saturated heterocycles. The average Bonchev–Trinajstić information content (AvgIpc) is 3.79. The summed E-state index contributed by atoms with van der Waals surface area (Å²) in [5.41, 5.74) is 6.56. The molecule has 3 heterocycles. The first-order chi connectivity index (χ1) is 28.2. The van der Waals surface area contributed by atoms with E-state index in [1.165, 1.54) is 18.4 Å². The maximum atomic E-state index is 14.5. The summed E-state index contributed by atoms with van der Waals surface area (Å²) in [4.78, 5) is 67.0. The molecule has 2 aromatic carbocycles. The maximum Gasteiger partial charge on any atom is 0.407 e. The van der Waals surface area contributed by atoms with Gasteiger partial charge in [0, 0.05) is 43.3 Å². The zero-order chi connectivity index (χ0) is 42.7. The quantitative estimate of drug-likeness (QED) is 0.0940. The highest BCUT2D eigenvalue weighted by atomic mass is 32.1. The lowest BCUT2D eigenvalue weighted by Gasteiger charge is -2.38. The minimum absolute atomic E-state index is 0.0966. The van der Waals surface area contributed by atoms with Crippen molar-refractivity contribution in [1.82, 2.24) is 40.8 Å². The lowest BCUT2D eigenvalue weighted by Crippen LogP contribution is -2.60. The number of amides is 5. The van der Waals surface area contributed by atoms with Gasteiger partial charge in [0.25, 0.3) is 5.91 Å². The van der Waals surface area contributed by atoms with Crippen LogP contribution in [0.25, 0.3) is 11.3 Å². The Hall–Kier alpha value is -5.38. The molecule has 0 aliphatic carbocycles. The molecule has 1 fully saturated rings. The van der Waals surface area contributed by atoms with Gasteiger partial charge < -0.3 is 30.3 Å². The Morgan fingerprint density at radius 3 is 2.29 bits per heavy atom. The number of aliphatic hydroxyl groups is 1. The van der Waals surface area contributed by atoms with E-state index in [2.05, 4.69) is 26.0 Å². The summed E-state index contributed by atoms with van der Waals surface area (Å²) in [6.07, 6.45) is 0.658. The summed E-state index contributed by atoms with van der Waals surface area (Å²) in [7, 11) is 1.24. The van der Waals surface area contributed by atoms with Crippen molar-refractivity contribution in [2.45, 2.75) is 91.7 Å². The van der Waals surface area contributed by atoms with Crippen molar-refractivity contribution >= 4 is 35.3 Å². The third kappa shape index (κ3) is 12.3. The van der Waals surface area contributed by atoms with Crippen molar-refractivity contribution < 1.29 is 29.0 Å². The van der Waals surface area contributed by atoms with E-state index in [0.29, 0.717) is 26.1 Å². The Kier molecular flexibility index (Phi) is 15.6. The third-order valence-electron chi connectivity index (χ3n) is 10.5. The predicted octanol–water partition coefficient (Wildman–Crippen LogP) is 5.56. The highest BCUT2D eigenvalue weighted by Crippen LogP contribution is 2.29. The van der Waals surface area contributed by atoms with Gasteiger partial charge in [-0.15, -0.1) is 11.3 Å². The lowest BCUT2D eigenvalue weighted by molar-refractivity contribution is -0.132. The van der Waals surface area contributed by atoms with Crippen molar-refractivity contribution in [3.05, 3.63) is 106 Å². The number of thiazole rings is 1. The largest absolute Gasteiger partial charge is 0.453 e. The predicted molar refractivity (Wildman–Crippen MR) is 228 cm³/mol. The number of rotatable bonds is 18. The number of alkyl carbamates (subject to hydrolysis) is 1. The number of aliphatic hydroxyl groups excluding tert-OH is 1. The molecule has 14 nitrogen and oxygen atoms in total. The van der Waals surface area contributed by atoms with Crippen LogP contribution in [-0.2, 0) is 33.8 Å². The summed E-state index contributed by atoms with van der Waals surface area (Å²) in [5, 5.41) is 22.4. The number of urea groups is 1. The van der Waals surface area contributed by atoms with Gasteiger partial charge in [-0.25, -0.2) is 19.6 Å². The first-order valence-corrected chi connectivity index (χ1v) is 20.9. The maximum absolute atomic E-state index is 14.5. The van der Waals surface area contributed by atoms with E-state index in [0.717, 1.165) is 33.1 Å². The van der Waals surface area contributed by atoms with Gasteiger partial charge in [-0.1, -0.05) is 102 Å². The van der Waals surface area contributed by atoms with E-state index in [1.807, 2.05) is 120 Å². The lowest BCUT2D eigenvalue weighted by atomic mass is 9.84. The molecule has 15 heteroatoms. The normalized spacial score (nSPS) is 15.6. The summed E-state index contributed by atoms with van der Waals surface area (Å²) in [6.45, 7) is 12.7. The molecule has 1 aliphatic rings. The number of nitrogens with one attached hydrogen (secondary N) is 3. The highest BCUT2D eigenvalue weighted by molar-refractivity contribution is 7.09. The van der Waals surface area contributed by atoms with Gasteiger partial charge in [0.2, 0.25) is 5.91 Å². The van der Waals surface area contributed by atoms with E-state index in [4.69, 9.17) is 4.74 Å². The molecule has 0 unspecified atom stereocenters. The minimum Gasteiger partial charge on any atom is -0.453 e. The van der Waals surface area contributed by atoms with Crippen LogP contribution in [0.2, 0.25) is 0 Å². The van der Waals surface area contributed by atoms with Gasteiger partial charge in [0.1, 0.15) is 12.1 Å². The van der Waals surface area contributed by atoms with Crippen LogP contribution in [0.15, 0.2) is 84.4 Å². The fourth-order valence-electron chi connectivity index (χ4n) is 7.23. The monoisotopic (exact) mass is 826 g/mol. The number of hydrogen-bond acceptors (Lipinski definition) is 10. The average molecular weight is 827 g/mol. The molecule has 5 amide bonds. The molecule has 0 spiro atoms. The Bertz CT molecular complexity index is 1990. The Morgan fingerprint density at radius 1 is 0.966 bits per heavy atom. The van der Waals surface area contributed by atoms with Gasteiger partial charge in [-0.05, 0) is 47.9 Å². The molecule has 4 aromatic rings. The molecular weight excluding hydrogens is 769 g/mol. The van der Waals surface area contributed by atoms with Crippen molar-refractivity contribution in [3.63, 3.8) is 0 Å². The van der Waals surface area contributed by atoms with Gasteiger partial charge >= 0.3 is 12.1 Å². The molecule has 0 bridgehead atoms. The second-order valence-electron chi connectivity index (χ2n) is 16.2. The number of hydrogen-bond donors (Lipinski definition) is 4. The van der Waals surface area contributed by atoms with E-state index in [1.54, 1.807) is 21.0 Å². The number of hydrazine groups is 1. The second-order valence-corrected chi connectivity index (χ2v) is 17.2. The molecule has 1 aliphatic heterocycles. The fraction of sp³-hybridized carbons (Fsp3) is 0.455. The van der Waals surface area contributed by atoms with Crippen LogP contribution >= 0.6 is 11.3 Å². The van der Waals surface area contributed by atoms with Crippen molar-refractivity contribution in [2.24, 2.45) is 11.3 Å². The Morgan fingerprint density at radius 2 is 1.68 bits per heavy atom. The van der Waals surface area contributed by atoms with Crippen LogP contribution < -0.4 is 16.1 Å².